The van der Waals surface area contributed by atoms with Gasteiger partial charge in [-0.2, -0.15) is 0 Å². The molecule has 1 heteroatoms. The van der Waals surface area contributed by atoms with E-state index in [0.29, 0.717) is 0 Å². The second-order valence-electron chi connectivity index (χ2n) is 7.13. The normalized spacial score (nSPS) is 67.2. The summed E-state index contributed by atoms with van der Waals surface area (Å²) in [5.41, 5.74) is 0. The number of hydrogen-bond acceptors (Lipinski definition) is 0. The molecule has 0 spiro atoms. The Bertz CT molecular complexity index is 210. The topological polar surface area (TPSA) is 0 Å². The van der Waals surface area contributed by atoms with Crippen molar-refractivity contribution in [3.05, 3.63) is 0 Å². The number of hydrogen-bond donors (Lipinski definition) is 0. The van der Waals surface area contributed by atoms with Crippen LogP contribution in [-0.4, -0.2) is 51.4 Å². The minimum absolute atomic E-state index is 0. The molecule has 78 valence electrons. The van der Waals surface area contributed by atoms with Crippen LogP contribution in [0.2, 0.25) is 0 Å². The van der Waals surface area contributed by atoms with E-state index in [1.165, 1.54) is 47.3 Å². The molecule has 7 fully saturated rings. The van der Waals surface area contributed by atoms with Crippen LogP contribution in [0.5, 0.6) is 0 Å². The Morgan fingerprint density at radius 3 is 0.800 bits per heavy atom. The monoisotopic (exact) mass is 228 g/mol. The van der Waals surface area contributed by atoms with Crippen LogP contribution >= 0.6 is 0 Å². The van der Waals surface area contributed by atoms with Crippen molar-refractivity contribution < 1.29 is 0 Å². The molecule has 0 atom stereocenters. The van der Waals surface area contributed by atoms with Gasteiger partial charge in [-0.05, 0) is 85.9 Å². The van der Waals surface area contributed by atoms with Crippen molar-refractivity contribution in [2.24, 2.45) is 47.3 Å². The van der Waals surface area contributed by atoms with Gasteiger partial charge in [-0.25, -0.2) is 0 Å². The molecule has 0 aromatic rings. The third-order valence-corrected chi connectivity index (χ3v) is 6.93. The van der Waals surface area contributed by atoms with Crippen molar-refractivity contribution in [3.63, 3.8) is 0 Å². The van der Waals surface area contributed by atoms with Gasteiger partial charge in [0, 0.05) is 0 Å². The Morgan fingerprint density at radius 2 is 0.600 bits per heavy atom. The minimum atomic E-state index is 0. The fourth-order valence-corrected chi connectivity index (χ4v) is 6.89. The van der Waals surface area contributed by atoms with Crippen LogP contribution in [-0.2, 0) is 0 Å². The second kappa shape index (κ2) is 3.35. The van der Waals surface area contributed by atoms with Crippen molar-refractivity contribution >= 4 is 51.4 Å². The zero-order valence-electron chi connectivity index (χ0n) is 8.86. The first-order valence-electron chi connectivity index (χ1n) is 6.90. The van der Waals surface area contributed by atoms with E-state index in [1.54, 1.807) is 38.5 Å². The third kappa shape index (κ3) is 1.18. The first-order chi connectivity index (χ1) is 6.90. The molecule has 0 amide bonds. The van der Waals surface area contributed by atoms with E-state index in [9.17, 15) is 0 Å². The summed E-state index contributed by atoms with van der Waals surface area (Å²) in [6.07, 6.45) is 9.93. The molecule has 8 bridgehead atoms. The van der Waals surface area contributed by atoms with Crippen LogP contribution in [0, 0.1) is 47.3 Å². The van der Waals surface area contributed by atoms with Crippen molar-refractivity contribution in [1.29, 1.82) is 0 Å². The molecule has 0 aromatic heterocycles. The molecule has 7 saturated carbocycles. The molecule has 7 aliphatic rings. The van der Waals surface area contributed by atoms with E-state index in [-0.39, 0.29) is 51.4 Å². The fourth-order valence-electron chi connectivity index (χ4n) is 6.89. The summed E-state index contributed by atoms with van der Waals surface area (Å²) in [7, 11) is 0. The SMILES string of the molecule is C1C2CC3C4CC5CC(C14)C(C2)C3C5.[KH]. The van der Waals surface area contributed by atoms with Gasteiger partial charge >= 0.3 is 51.4 Å². The molecular weight excluding hydrogens is 207 g/mol. The van der Waals surface area contributed by atoms with E-state index in [4.69, 9.17) is 0 Å². The summed E-state index contributed by atoms with van der Waals surface area (Å²) in [6, 6.07) is 0. The van der Waals surface area contributed by atoms with E-state index in [1.807, 2.05) is 0 Å². The molecule has 0 aliphatic heterocycles. The molecule has 0 nitrogen and oxygen atoms in total. The van der Waals surface area contributed by atoms with Gasteiger partial charge in [-0.3, -0.25) is 0 Å². The van der Waals surface area contributed by atoms with E-state index in [2.05, 4.69) is 0 Å². The predicted octanol–water partition coefficient (Wildman–Crippen LogP) is 2.68. The van der Waals surface area contributed by atoms with Crippen molar-refractivity contribution in [2.45, 2.75) is 38.5 Å². The zero-order chi connectivity index (χ0) is 8.86. The zero-order valence-corrected chi connectivity index (χ0v) is 8.86. The van der Waals surface area contributed by atoms with E-state index < -0.39 is 0 Å². The van der Waals surface area contributed by atoms with Gasteiger partial charge in [0.05, 0.1) is 0 Å². The second-order valence-corrected chi connectivity index (χ2v) is 7.13. The molecule has 0 heterocycles. The van der Waals surface area contributed by atoms with Crippen LogP contribution in [0.1, 0.15) is 38.5 Å². The van der Waals surface area contributed by atoms with E-state index >= 15 is 0 Å². The van der Waals surface area contributed by atoms with Gasteiger partial charge in [0.1, 0.15) is 0 Å². The van der Waals surface area contributed by atoms with E-state index in [0.717, 1.165) is 0 Å². The first-order valence-corrected chi connectivity index (χ1v) is 6.90. The third-order valence-electron chi connectivity index (χ3n) is 6.93. The summed E-state index contributed by atoms with van der Waals surface area (Å²) >= 11 is 0. The predicted molar refractivity (Wildman–Crippen MR) is 62.8 cm³/mol. The molecule has 0 unspecified atom stereocenters. The van der Waals surface area contributed by atoms with Crippen LogP contribution in [0.4, 0.5) is 0 Å². The van der Waals surface area contributed by atoms with Crippen molar-refractivity contribution in [2.75, 3.05) is 0 Å². The Kier molecular flexibility index (Phi) is 2.35. The number of rotatable bonds is 0. The fraction of sp³-hybridized carbons (Fsp3) is 1.00. The molecule has 0 N–H and O–H groups in total. The average molecular weight is 228 g/mol. The van der Waals surface area contributed by atoms with Gasteiger partial charge in [0.15, 0.2) is 0 Å². The maximum atomic E-state index is 1.65. The molecule has 0 radical (unpaired) electrons. The molecule has 0 saturated heterocycles. The van der Waals surface area contributed by atoms with Gasteiger partial charge < -0.3 is 0 Å². The van der Waals surface area contributed by atoms with Gasteiger partial charge in [0.25, 0.3) is 0 Å². The quantitative estimate of drug-likeness (QED) is 0.559. The maximum absolute atomic E-state index is 1.65. The van der Waals surface area contributed by atoms with Crippen molar-refractivity contribution in [1.82, 2.24) is 0 Å². The summed E-state index contributed by atoms with van der Waals surface area (Å²) in [5, 5.41) is 0. The van der Waals surface area contributed by atoms with Gasteiger partial charge in [0.2, 0.25) is 0 Å². The van der Waals surface area contributed by atoms with Gasteiger partial charge in [-0.1, -0.05) is 0 Å². The molecular formula is C14H21K. The summed E-state index contributed by atoms with van der Waals surface area (Å²) < 4.78 is 0. The Morgan fingerprint density at radius 1 is 0.400 bits per heavy atom. The molecule has 7 rings (SSSR count). The van der Waals surface area contributed by atoms with Crippen LogP contribution < -0.4 is 0 Å². The standard InChI is InChI=1S/C14H20.K.H/c1-7-2-12-10-4-8-5-11(9(1)10)13(3-7)14(12)6-8;;/h7-14H,1-6H2;;. The molecule has 15 heavy (non-hydrogen) atoms. The molecule has 0 aromatic carbocycles. The molecule has 7 aliphatic carbocycles. The Labute approximate surface area is 135 Å². The first kappa shape index (κ1) is 10.5. The van der Waals surface area contributed by atoms with Crippen LogP contribution in [0.3, 0.4) is 0 Å². The average Bonchev–Trinajstić information content (AvgIpc) is 2.24. The van der Waals surface area contributed by atoms with Crippen LogP contribution in [0.25, 0.3) is 0 Å². The Balaban J connectivity index is 0.000000648. The summed E-state index contributed by atoms with van der Waals surface area (Å²) in [5.74, 6) is 9.74. The van der Waals surface area contributed by atoms with Crippen molar-refractivity contribution in [3.8, 4) is 0 Å². The Hall–Kier alpha value is 1.64. The summed E-state index contributed by atoms with van der Waals surface area (Å²) in [6.45, 7) is 0. The van der Waals surface area contributed by atoms with Gasteiger partial charge in [-0.15, -0.1) is 0 Å². The van der Waals surface area contributed by atoms with Crippen LogP contribution in [0.15, 0.2) is 0 Å². The summed E-state index contributed by atoms with van der Waals surface area (Å²) in [4.78, 5) is 0.